The zero-order chi connectivity index (χ0) is 12.0. The molecule has 10 heteroatoms. The third-order valence-corrected chi connectivity index (χ3v) is 0.571. The van der Waals surface area contributed by atoms with Gasteiger partial charge >= 0.3 is 0 Å². The summed E-state index contributed by atoms with van der Waals surface area (Å²) in [5.41, 5.74) is 5.15. The normalized spacial score (nSPS) is 7.29. The molecular weight excluding hydrogens is 200 g/mol. The minimum Gasteiger partial charge on any atom is -0.329 e. The number of rotatable bonds is 3. The molecule has 0 aliphatic heterocycles. The highest BCUT2D eigenvalue weighted by molar-refractivity contribution is 4.39. The highest BCUT2D eigenvalue weighted by atomic mass is 16.9. The number of hydrogen-bond donors (Lipinski definition) is 4. The molecule has 5 N–H and O–H groups in total. The molecule has 0 saturated carbocycles. The van der Waals surface area contributed by atoms with E-state index >= 15 is 0 Å². The molecule has 0 aromatic carbocycles. The van der Waals surface area contributed by atoms with Crippen molar-refractivity contribution in [2.45, 2.75) is 6.92 Å². The maximum Gasteiger partial charge on any atom is 0.291 e. The molecule has 0 aromatic heterocycles. The van der Waals surface area contributed by atoms with Crippen molar-refractivity contribution >= 4 is 0 Å². The summed E-state index contributed by atoms with van der Waals surface area (Å²) in [7, 11) is 0. The molecule has 0 aromatic rings. The van der Waals surface area contributed by atoms with Crippen LogP contribution >= 0.6 is 0 Å². The topological polar surface area (TPSA) is 165 Å². The molecule has 0 aliphatic rings. The molecule has 0 fully saturated rings. The fourth-order valence-corrected chi connectivity index (χ4v) is 0.279. The van der Waals surface area contributed by atoms with Gasteiger partial charge in [0.2, 0.25) is 0 Å². The Kier molecular flexibility index (Phi) is 22.6. The highest BCUT2D eigenvalue weighted by Gasteiger charge is 1.71. The van der Waals surface area contributed by atoms with Crippen molar-refractivity contribution in [1.29, 1.82) is 0 Å². The lowest BCUT2D eigenvalue weighted by molar-refractivity contribution is -0.742. The van der Waals surface area contributed by atoms with E-state index in [2.05, 4.69) is 12.2 Å². The number of nitrogens with one attached hydrogen (secondary N) is 1. The monoisotopic (exact) mass is 214 g/mol. The summed E-state index contributed by atoms with van der Waals surface area (Å²) in [6, 6.07) is 0. The van der Waals surface area contributed by atoms with Crippen LogP contribution in [-0.2, 0) is 0 Å². The number of likely N-dealkylation sites (N-methyl/N-ethyl adjacent to an activating group) is 1. The van der Waals surface area contributed by atoms with Crippen LogP contribution in [0.2, 0.25) is 0 Å². The maximum atomic E-state index is 8.36. The third-order valence-electron chi connectivity index (χ3n) is 0.571. The van der Waals surface area contributed by atoms with Crippen LogP contribution in [0, 0.1) is 20.2 Å². The summed E-state index contributed by atoms with van der Waals surface area (Å²) in [6.45, 7) is 4.77. The second-order valence-electron chi connectivity index (χ2n) is 1.62. The van der Waals surface area contributed by atoms with E-state index in [1.54, 1.807) is 0 Å². The standard InChI is InChI=1S/C4H12N2.2HNO3/c1-2-6-4-3-5;2*2-1(3)4/h6H,2-5H2,1H3;2*(H,2,3,4). The Morgan fingerprint density at radius 1 is 1.29 bits per heavy atom. The highest BCUT2D eigenvalue weighted by Crippen LogP contribution is 1.48. The summed E-state index contributed by atoms with van der Waals surface area (Å²) in [5, 5.41) is 30.4. The summed E-state index contributed by atoms with van der Waals surface area (Å²) in [5.74, 6) is 0. The van der Waals surface area contributed by atoms with Crippen molar-refractivity contribution in [1.82, 2.24) is 5.32 Å². The van der Waals surface area contributed by atoms with E-state index < -0.39 is 10.2 Å². The van der Waals surface area contributed by atoms with E-state index in [0.29, 0.717) is 0 Å². The van der Waals surface area contributed by atoms with Gasteiger partial charge in [-0.05, 0) is 6.54 Å². The van der Waals surface area contributed by atoms with Gasteiger partial charge in [0.25, 0.3) is 10.2 Å². The van der Waals surface area contributed by atoms with Gasteiger partial charge in [-0.15, -0.1) is 20.2 Å². The van der Waals surface area contributed by atoms with Crippen LogP contribution in [0.5, 0.6) is 0 Å². The molecule has 0 rings (SSSR count). The third kappa shape index (κ3) is 514. The SMILES string of the molecule is CCNCCN.O=[N+]([O-])O.O=[N+]([O-])O. The van der Waals surface area contributed by atoms with Gasteiger partial charge < -0.3 is 21.5 Å². The minimum atomic E-state index is -1.50. The van der Waals surface area contributed by atoms with Gasteiger partial charge in [-0.2, -0.15) is 0 Å². The van der Waals surface area contributed by atoms with Gasteiger partial charge in [0, 0.05) is 13.1 Å². The summed E-state index contributed by atoms with van der Waals surface area (Å²) >= 11 is 0. The Morgan fingerprint density at radius 3 is 1.64 bits per heavy atom. The van der Waals surface area contributed by atoms with Crippen LogP contribution in [0.3, 0.4) is 0 Å². The Bertz CT molecular complexity index is 118. The van der Waals surface area contributed by atoms with Crippen molar-refractivity contribution in [3.8, 4) is 0 Å². The first-order valence-electron chi connectivity index (χ1n) is 3.45. The molecular formula is C4H14N4O6. The Labute approximate surface area is 79.5 Å². The average Bonchev–Trinajstić information content (AvgIpc) is 1.98. The number of hydrogen-bond acceptors (Lipinski definition) is 6. The van der Waals surface area contributed by atoms with Crippen LogP contribution in [-0.4, -0.2) is 40.2 Å². The molecule has 10 nitrogen and oxygen atoms in total. The number of nitrogens with two attached hydrogens (primary N) is 1. The average molecular weight is 214 g/mol. The minimum absolute atomic E-state index is 0.744. The van der Waals surface area contributed by atoms with E-state index in [1.807, 2.05) is 0 Å². The van der Waals surface area contributed by atoms with Gasteiger partial charge in [0.05, 0.1) is 0 Å². The maximum absolute atomic E-state index is 8.36. The van der Waals surface area contributed by atoms with Crippen molar-refractivity contribution < 1.29 is 20.6 Å². The lowest BCUT2D eigenvalue weighted by Crippen LogP contribution is -2.21. The molecule has 0 atom stereocenters. The molecule has 0 heterocycles. The lowest BCUT2D eigenvalue weighted by Gasteiger charge is -1.92. The van der Waals surface area contributed by atoms with Crippen molar-refractivity contribution in [2.24, 2.45) is 5.73 Å². The Balaban J connectivity index is -0.000000135. The van der Waals surface area contributed by atoms with Crippen molar-refractivity contribution in [3.05, 3.63) is 20.2 Å². The zero-order valence-electron chi connectivity index (χ0n) is 7.62. The number of nitrogens with zero attached hydrogens (tertiary/aromatic N) is 2. The molecule has 0 unspecified atom stereocenters. The molecule has 0 saturated heterocycles. The zero-order valence-corrected chi connectivity index (χ0v) is 7.62. The van der Waals surface area contributed by atoms with E-state index in [-0.39, 0.29) is 0 Å². The predicted molar refractivity (Wildman–Crippen MR) is 45.2 cm³/mol. The Hall–Kier alpha value is -1.68. The van der Waals surface area contributed by atoms with Gasteiger partial charge in [-0.25, -0.2) is 0 Å². The summed E-state index contributed by atoms with van der Waals surface area (Å²) < 4.78 is 0. The summed E-state index contributed by atoms with van der Waals surface area (Å²) in [4.78, 5) is 16.7. The van der Waals surface area contributed by atoms with Crippen LogP contribution in [0.25, 0.3) is 0 Å². The lowest BCUT2D eigenvalue weighted by atomic mass is 10.6. The van der Waals surface area contributed by atoms with Gasteiger partial charge in [0.15, 0.2) is 0 Å². The second kappa shape index (κ2) is 17.4. The predicted octanol–water partition coefficient (Wildman–Crippen LogP) is -1.14. The molecule has 0 amide bonds. The second-order valence-corrected chi connectivity index (χ2v) is 1.62. The molecule has 0 bridgehead atoms. The quantitative estimate of drug-likeness (QED) is 0.260. The molecule has 0 spiro atoms. The van der Waals surface area contributed by atoms with Crippen LogP contribution in [0.15, 0.2) is 0 Å². The fraction of sp³-hybridized carbons (Fsp3) is 1.00. The largest absolute Gasteiger partial charge is 0.329 e. The van der Waals surface area contributed by atoms with E-state index in [1.165, 1.54) is 0 Å². The first-order chi connectivity index (χ1) is 6.38. The summed E-state index contributed by atoms with van der Waals surface area (Å²) in [6.07, 6.45) is 0. The molecule has 86 valence electrons. The molecule has 0 aliphatic carbocycles. The van der Waals surface area contributed by atoms with E-state index in [9.17, 15) is 0 Å². The molecule has 0 radical (unpaired) electrons. The fourth-order valence-electron chi connectivity index (χ4n) is 0.279. The van der Waals surface area contributed by atoms with Crippen molar-refractivity contribution in [3.63, 3.8) is 0 Å². The first kappa shape index (κ1) is 18.2. The first-order valence-corrected chi connectivity index (χ1v) is 3.45. The van der Waals surface area contributed by atoms with Gasteiger partial charge in [-0.1, -0.05) is 6.92 Å². The van der Waals surface area contributed by atoms with Gasteiger partial charge in [-0.3, -0.25) is 0 Å². The van der Waals surface area contributed by atoms with Crippen LogP contribution < -0.4 is 11.1 Å². The van der Waals surface area contributed by atoms with Crippen molar-refractivity contribution in [2.75, 3.05) is 19.6 Å². The van der Waals surface area contributed by atoms with E-state index in [0.717, 1.165) is 19.6 Å². The van der Waals surface area contributed by atoms with Crippen LogP contribution in [0.4, 0.5) is 0 Å². The van der Waals surface area contributed by atoms with E-state index in [4.69, 9.17) is 36.4 Å². The smallest absolute Gasteiger partial charge is 0.291 e. The van der Waals surface area contributed by atoms with Crippen LogP contribution in [0.1, 0.15) is 6.92 Å². The Morgan fingerprint density at radius 2 is 1.57 bits per heavy atom. The van der Waals surface area contributed by atoms with Gasteiger partial charge in [0.1, 0.15) is 0 Å². The molecule has 14 heavy (non-hydrogen) atoms.